The number of hydrogen-bond acceptors (Lipinski definition) is 0. The third-order valence-corrected chi connectivity index (χ3v) is 5.78. The van der Waals surface area contributed by atoms with Crippen molar-refractivity contribution in [3.05, 3.63) is 58.7 Å². The molecule has 0 aromatic heterocycles. The summed E-state index contributed by atoms with van der Waals surface area (Å²) in [5.74, 6) is 6.96. The van der Waals surface area contributed by atoms with Crippen LogP contribution in [0.5, 0.6) is 0 Å². The molecule has 0 bridgehead atoms. The molecule has 0 atom stereocenters. The minimum Gasteiger partial charge on any atom is -0.222 e. The van der Waals surface area contributed by atoms with E-state index < -0.39 is 0 Å². The average molecular weight is 438 g/mol. The molecule has 0 heterocycles. The summed E-state index contributed by atoms with van der Waals surface area (Å²) in [7, 11) is 0. The smallest absolute Gasteiger partial charge is 0.222 e. The molecule has 1 heteroatoms. The SMILES string of the molecule is CC(C)[C]1[CH][C-](C(C)C)C(C(C)C)=C1.CC(C)c1cc(C(C)C)c(C(C)C)[cH-]1.[Mn+2]. The molecule has 0 amide bonds. The molecule has 3 radical (unpaired) electrons. The first-order chi connectivity index (χ1) is 12.9. The van der Waals surface area contributed by atoms with Crippen LogP contribution in [0.4, 0.5) is 0 Å². The summed E-state index contributed by atoms with van der Waals surface area (Å²) in [6, 6.07) is 4.79. The van der Waals surface area contributed by atoms with E-state index in [0.29, 0.717) is 35.5 Å². The molecule has 2 rings (SSSR count). The van der Waals surface area contributed by atoms with Crippen LogP contribution in [-0.2, 0) is 17.1 Å². The Morgan fingerprint density at radius 1 is 0.690 bits per heavy atom. The van der Waals surface area contributed by atoms with Crippen LogP contribution in [0.2, 0.25) is 0 Å². The second kappa shape index (κ2) is 12.4. The number of hydrogen-bond donors (Lipinski definition) is 0. The Balaban J connectivity index is 0.000000523. The standard InChI is InChI=1S/2C14H23.Mn/c2*1-9(2)12-7-13(10(3)4)14(8-12)11(5)6;/h2*7-11H,1-6H3;/q2*-1;+2. The summed E-state index contributed by atoms with van der Waals surface area (Å²) >= 11 is 0. The van der Waals surface area contributed by atoms with Gasteiger partial charge < -0.3 is 0 Å². The maximum atomic E-state index is 2.39. The molecule has 0 fully saturated rings. The zero-order chi connectivity index (χ0) is 21.8. The molecule has 29 heavy (non-hydrogen) atoms. The van der Waals surface area contributed by atoms with Gasteiger partial charge in [0.1, 0.15) is 0 Å². The van der Waals surface area contributed by atoms with Gasteiger partial charge in [-0.1, -0.05) is 113 Å². The monoisotopic (exact) mass is 437 g/mol. The Labute approximate surface area is 194 Å². The minimum absolute atomic E-state index is 0. The molecule has 1 aliphatic carbocycles. The molecule has 0 N–H and O–H groups in total. The molecular formula is C28H46Mn. The molecule has 1 aliphatic rings. The summed E-state index contributed by atoms with van der Waals surface area (Å²) in [6.07, 6.45) is 4.79. The number of allylic oxidation sites excluding steroid dienone is 2. The third kappa shape index (κ3) is 7.91. The van der Waals surface area contributed by atoms with Crippen molar-refractivity contribution in [1.29, 1.82) is 0 Å². The first-order valence-corrected chi connectivity index (χ1v) is 11.5. The van der Waals surface area contributed by atoms with Gasteiger partial charge >= 0.3 is 17.1 Å². The number of rotatable bonds is 6. The first kappa shape index (κ1) is 28.5. The Morgan fingerprint density at radius 2 is 1.24 bits per heavy atom. The van der Waals surface area contributed by atoms with Crippen molar-refractivity contribution in [1.82, 2.24) is 0 Å². The fraction of sp³-hybridized carbons (Fsp3) is 0.643. The van der Waals surface area contributed by atoms with Gasteiger partial charge in [0, 0.05) is 0 Å². The van der Waals surface area contributed by atoms with Crippen molar-refractivity contribution in [3.63, 3.8) is 0 Å². The maximum Gasteiger partial charge on any atom is 2.00 e. The Morgan fingerprint density at radius 3 is 1.52 bits per heavy atom. The van der Waals surface area contributed by atoms with Crippen LogP contribution in [0.3, 0.4) is 0 Å². The summed E-state index contributed by atoms with van der Waals surface area (Å²) in [5.41, 5.74) is 6.13. The summed E-state index contributed by atoms with van der Waals surface area (Å²) in [4.78, 5) is 0. The maximum absolute atomic E-state index is 2.39. The molecule has 1 aromatic rings. The Bertz CT molecular complexity index is 585. The largest absolute Gasteiger partial charge is 2.00 e. The van der Waals surface area contributed by atoms with E-state index in [1.165, 1.54) is 11.5 Å². The summed E-state index contributed by atoms with van der Waals surface area (Å²) in [6.45, 7) is 27.3. The van der Waals surface area contributed by atoms with E-state index in [9.17, 15) is 0 Å². The Kier molecular flexibility index (Phi) is 12.1. The zero-order valence-electron chi connectivity index (χ0n) is 21.2. The first-order valence-electron chi connectivity index (χ1n) is 11.5. The van der Waals surface area contributed by atoms with Crippen LogP contribution in [0.25, 0.3) is 0 Å². The predicted octanol–water partition coefficient (Wildman–Crippen LogP) is 9.02. The van der Waals surface area contributed by atoms with Crippen LogP contribution in [0.15, 0.2) is 23.8 Å². The predicted molar refractivity (Wildman–Crippen MR) is 128 cm³/mol. The van der Waals surface area contributed by atoms with Gasteiger partial charge in [0.15, 0.2) is 0 Å². The van der Waals surface area contributed by atoms with E-state index in [4.69, 9.17) is 0 Å². The van der Waals surface area contributed by atoms with Crippen molar-refractivity contribution >= 4 is 0 Å². The van der Waals surface area contributed by atoms with Gasteiger partial charge in [-0.3, -0.25) is 0 Å². The van der Waals surface area contributed by atoms with Crippen molar-refractivity contribution < 1.29 is 17.1 Å². The zero-order valence-corrected chi connectivity index (χ0v) is 22.3. The minimum atomic E-state index is 0. The molecule has 0 nitrogen and oxygen atoms in total. The quantitative estimate of drug-likeness (QED) is 0.308. The Hall–Kier alpha value is -0.521. The normalized spacial score (nSPS) is 15.0. The van der Waals surface area contributed by atoms with Crippen molar-refractivity contribution in [2.45, 2.75) is 101 Å². The van der Waals surface area contributed by atoms with Gasteiger partial charge in [0.25, 0.3) is 0 Å². The van der Waals surface area contributed by atoms with Gasteiger partial charge in [-0.25, -0.2) is 23.6 Å². The van der Waals surface area contributed by atoms with Crippen molar-refractivity contribution in [3.8, 4) is 0 Å². The molecule has 0 aliphatic heterocycles. The molecule has 0 saturated heterocycles. The van der Waals surface area contributed by atoms with Gasteiger partial charge in [-0.05, 0) is 11.8 Å². The van der Waals surface area contributed by atoms with Gasteiger partial charge in [-0.2, -0.15) is 22.8 Å². The van der Waals surface area contributed by atoms with E-state index in [1.807, 2.05) is 0 Å². The van der Waals surface area contributed by atoms with Crippen LogP contribution >= 0.6 is 0 Å². The second-order valence-electron chi connectivity index (χ2n) is 10.3. The van der Waals surface area contributed by atoms with Gasteiger partial charge in [-0.15, -0.1) is 6.42 Å². The summed E-state index contributed by atoms with van der Waals surface area (Å²) in [5, 5.41) is 0. The van der Waals surface area contributed by atoms with E-state index in [1.54, 1.807) is 22.6 Å². The van der Waals surface area contributed by atoms with Crippen LogP contribution in [-0.4, -0.2) is 0 Å². The fourth-order valence-corrected chi connectivity index (χ4v) is 3.80. The molecule has 0 spiro atoms. The molecule has 0 unspecified atom stereocenters. The van der Waals surface area contributed by atoms with Crippen molar-refractivity contribution in [2.24, 2.45) is 17.8 Å². The fourth-order valence-electron chi connectivity index (χ4n) is 3.80. The molecule has 165 valence electrons. The van der Waals surface area contributed by atoms with E-state index in [2.05, 4.69) is 108 Å². The van der Waals surface area contributed by atoms with E-state index >= 15 is 0 Å². The van der Waals surface area contributed by atoms with E-state index in [-0.39, 0.29) is 17.1 Å². The van der Waals surface area contributed by atoms with Gasteiger partial charge in [0.05, 0.1) is 0 Å². The topological polar surface area (TPSA) is 0 Å². The molecular weight excluding hydrogens is 391 g/mol. The third-order valence-electron chi connectivity index (χ3n) is 5.78. The van der Waals surface area contributed by atoms with Crippen molar-refractivity contribution in [2.75, 3.05) is 0 Å². The van der Waals surface area contributed by atoms with E-state index in [0.717, 1.165) is 0 Å². The van der Waals surface area contributed by atoms with Crippen LogP contribution in [0.1, 0.15) is 118 Å². The summed E-state index contributed by atoms with van der Waals surface area (Å²) < 4.78 is 0. The molecule has 0 saturated carbocycles. The van der Waals surface area contributed by atoms with Crippen LogP contribution < -0.4 is 0 Å². The van der Waals surface area contributed by atoms with Gasteiger partial charge in [0.2, 0.25) is 0 Å². The average Bonchev–Trinajstić information content (AvgIpc) is 3.20. The second-order valence-corrected chi connectivity index (χ2v) is 10.3. The van der Waals surface area contributed by atoms with Crippen LogP contribution in [0, 0.1) is 36.0 Å². The molecule has 1 aromatic carbocycles.